The lowest BCUT2D eigenvalue weighted by molar-refractivity contribution is -0.112. The van der Waals surface area contributed by atoms with Gasteiger partial charge in [0, 0.05) is 18.4 Å². The van der Waals surface area contributed by atoms with Crippen molar-refractivity contribution in [2.45, 2.75) is 13.8 Å². The molecule has 0 saturated carbocycles. The SMILES string of the molecule is Cc1cc(C)cc(N(C)c2ccc3c(c2)NC(=O)C3=O)c1. The van der Waals surface area contributed by atoms with Crippen molar-refractivity contribution in [1.29, 1.82) is 0 Å². The molecule has 1 aliphatic heterocycles. The summed E-state index contributed by atoms with van der Waals surface area (Å²) in [5.74, 6) is -1.03. The summed E-state index contributed by atoms with van der Waals surface area (Å²) >= 11 is 0. The van der Waals surface area contributed by atoms with Crippen LogP contribution in [0.5, 0.6) is 0 Å². The lowest BCUT2D eigenvalue weighted by Gasteiger charge is -2.21. The molecule has 0 bridgehead atoms. The molecule has 0 saturated heterocycles. The number of nitrogens with zero attached hydrogens (tertiary/aromatic N) is 1. The third kappa shape index (κ3) is 2.29. The Hall–Kier alpha value is -2.62. The van der Waals surface area contributed by atoms with Gasteiger partial charge in [-0.25, -0.2) is 0 Å². The van der Waals surface area contributed by atoms with Gasteiger partial charge in [0.05, 0.1) is 11.3 Å². The largest absolute Gasteiger partial charge is 0.345 e. The van der Waals surface area contributed by atoms with Crippen molar-refractivity contribution in [3.8, 4) is 0 Å². The highest BCUT2D eigenvalue weighted by molar-refractivity contribution is 6.51. The standard InChI is InChI=1S/C17H16N2O2/c1-10-6-11(2)8-13(7-10)19(3)12-4-5-14-15(9-12)18-17(21)16(14)20/h4-9H,1-3H3,(H,18,20,21). The van der Waals surface area contributed by atoms with Crippen LogP contribution in [-0.4, -0.2) is 18.7 Å². The van der Waals surface area contributed by atoms with E-state index in [-0.39, 0.29) is 0 Å². The normalized spacial score (nSPS) is 13.1. The van der Waals surface area contributed by atoms with Gasteiger partial charge in [0.1, 0.15) is 0 Å². The van der Waals surface area contributed by atoms with E-state index in [9.17, 15) is 9.59 Å². The second kappa shape index (κ2) is 4.74. The Morgan fingerprint density at radius 2 is 1.57 bits per heavy atom. The van der Waals surface area contributed by atoms with E-state index < -0.39 is 11.7 Å². The highest BCUT2D eigenvalue weighted by atomic mass is 16.2. The maximum Gasteiger partial charge on any atom is 0.296 e. The fourth-order valence-corrected chi connectivity index (χ4v) is 2.64. The molecule has 4 nitrogen and oxygen atoms in total. The van der Waals surface area contributed by atoms with E-state index in [1.54, 1.807) is 6.07 Å². The molecule has 1 N–H and O–H groups in total. The number of hydrogen-bond acceptors (Lipinski definition) is 3. The van der Waals surface area contributed by atoms with Gasteiger partial charge in [0.25, 0.3) is 11.7 Å². The summed E-state index contributed by atoms with van der Waals surface area (Å²) in [5, 5.41) is 2.60. The van der Waals surface area contributed by atoms with Gasteiger partial charge in [-0.2, -0.15) is 0 Å². The lowest BCUT2D eigenvalue weighted by Crippen LogP contribution is -2.12. The van der Waals surface area contributed by atoms with Crippen molar-refractivity contribution < 1.29 is 9.59 Å². The predicted molar refractivity (Wildman–Crippen MR) is 83.4 cm³/mol. The van der Waals surface area contributed by atoms with E-state index in [1.807, 2.05) is 24.1 Å². The zero-order valence-electron chi connectivity index (χ0n) is 12.2. The predicted octanol–water partition coefficient (Wildman–Crippen LogP) is 3.21. The van der Waals surface area contributed by atoms with Crippen molar-refractivity contribution in [1.82, 2.24) is 0 Å². The minimum Gasteiger partial charge on any atom is -0.345 e. The van der Waals surface area contributed by atoms with E-state index in [4.69, 9.17) is 0 Å². The van der Waals surface area contributed by atoms with Gasteiger partial charge >= 0.3 is 0 Å². The minimum absolute atomic E-state index is 0.442. The number of anilines is 3. The first-order valence-electron chi connectivity index (χ1n) is 6.77. The van der Waals surface area contributed by atoms with Crippen molar-refractivity contribution in [2.24, 2.45) is 0 Å². The number of hydrogen-bond donors (Lipinski definition) is 1. The highest BCUT2D eigenvalue weighted by Gasteiger charge is 2.28. The van der Waals surface area contributed by atoms with Gasteiger partial charge < -0.3 is 10.2 Å². The van der Waals surface area contributed by atoms with Gasteiger partial charge in [-0.3, -0.25) is 9.59 Å². The van der Waals surface area contributed by atoms with Gasteiger partial charge in [-0.1, -0.05) is 6.07 Å². The molecule has 0 aromatic heterocycles. The molecule has 1 aliphatic rings. The molecule has 21 heavy (non-hydrogen) atoms. The van der Waals surface area contributed by atoms with Gasteiger partial charge in [-0.15, -0.1) is 0 Å². The lowest BCUT2D eigenvalue weighted by atomic mass is 10.1. The van der Waals surface area contributed by atoms with E-state index in [2.05, 4.69) is 37.4 Å². The molecule has 3 rings (SSSR count). The monoisotopic (exact) mass is 280 g/mol. The van der Waals surface area contributed by atoms with E-state index >= 15 is 0 Å². The molecular weight excluding hydrogens is 264 g/mol. The summed E-state index contributed by atoms with van der Waals surface area (Å²) in [6.07, 6.45) is 0. The Labute approximate surface area is 123 Å². The number of ketones is 1. The smallest absolute Gasteiger partial charge is 0.296 e. The first-order chi connectivity index (χ1) is 9.95. The number of Topliss-reactive ketones (excluding diaryl/α,β-unsaturated/α-hetero) is 1. The summed E-state index contributed by atoms with van der Waals surface area (Å²) in [7, 11) is 1.97. The molecule has 0 atom stereocenters. The van der Waals surface area contributed by atoms with Crippen LogP contribution in [0.15, 0.2) is 36.4 Å². The quantitative estimate of drug-likeness (QED) is 0.859. The molecule has 0 aliphatic carbocycles. The molecule has 0 spiro atoms. The Morgan fingerprint density at radius 1 is 0.905 bits per heavy atom. The number of amides is 1. The maximum atomic E-state index is 11.6. The zero-order valence-corrected chi connectivity index (χ0v) is 12.2. The van der Waals surface area contributed by atoms with Gasteiger partial charge in [0.15, 0.2) is 0 Å². The summed E-state index contributed by atoms with van der Waals surface area (Å²) < 4.78 is 0. The van der Waals surface area contributed by atoms with Crippen LogP contribution >= 0.6 is 0 Å². The summed E-state index contributed by atoms with van der Waals surface area (Å²) in [6, 6.07) is 11.7. The number of nitrogens with one attached hydrogen (secondary N) is 1. The molecule has 0 radical (unpaired) electrons. The van der Waals surface area contributed by atoms with Crippen LogP contribution in [0.4, 0.5) is 17.1 Å². The van der Waals surface area contributed by atoms with Crippen molar-refractivity contribution in [2.75, 3.05) is 17.3 Å². The number of benzene rings is 2. The van der Waals surface area contributed by atoms with E-state index in [0.717, 1.165) is 11.4 Å². The molecule has 1 heterocycles. The van der Waals surface area contributed by atoms with Crippen LogP contribution in [0, 0.1) is 13.8 Å². The Balaban J connectivity index is 2.00. The molecule has 2 aromatic rings. The average Bonchev–Trinajstić information content (AvgIpc) is 2.71. The first kappa shape index (κ1) is 13.4. The summed E-state index contributed by atoms with van der Waals surface area (Å²) in [4.78, 5) is 25.0. The molecular formula is C17H16N2O2. The second-order valence-corrected chi connectivity index (χ2v) is 5.42. The van der Waals surface area contributed by atoms with Crippen LogP contribution in [0.25, 0.3) is 0 Å². The van der Waals surface area contributed by atoms with Crippen LogP contribution in [0.2, 0.25) is 0 Å². The number of carbonyl (C=O) groups is 2. The van der Waals surface area contributed by atoms with Crippen molar-refractivity contribution >= 4 is 28.8 Å². The van der Waals surface area contributed by atoms with Crippen molar-refractivity contribution in [3.05, 3.63) is 53.1 Å². The average molecular weight is 280 g/mol. The number of rotatable bonds is 2. The third-order valence-corrected chi connectivity index (χ3v) is 3.68. The Bertz CT molecular complexity index is 745. The molecule has 2 aromatic carbocycles. The van der Waals surface area contributed by atoms with Gasteiger partial charge in [-0.05, 0) is 55.3 Å². The molecule has 0 unspecified atom stereocenters. The van der Waals surface area contributed by atoms with E-state index in [1.165, 1.54) is 11.1 Å². The van der Waals surface area contributed by atoms with Crippen molar-refractivity contribution in [3.63, 3.8) is 0 Å². The van der Waals surface area contributed by atoms with Crippen LogP contribution in [0.3, 0.4) is 0 Å². The van der Waals surface area contributed by atoms with Crippen LogP contribution in [0.1, 0.15) is 21.5 Å². The molecule has 4 heteroatoms. The molecule has 1 amide bonds. The molecule has 0 fully saturated rings. The zero-order chi connectivity index (χ0) is 15.1. The fourth-order valence-electron chi connectivity index (χ4n) is 2.64. The first-order valence-corrected chi connectivity index (χ1v) is 6.77. The minimum atomic E-state index is -0.559. The van der Waals surface area contributed by atoms with Gasteiger partial charge in [0.2, 0.25) is 0 Å². The Kier molecular flexibility index (Phi) is 3.01. The third-order valence-electron chi connectivity index (χ3n) is 3.68. The topological polar surface area (TPSA) is 49.4 Å². The summed E-state index contributed by atoms with van der Waals surface area (Å²) in [6.45, 7) is 4.12. The number of carbonyl (C=O) groups excluding carboxylic acids is 2. The Morgan fingerprint density at radius 3 is 2.24 bits per heavy atom. The van der Waals surface area contributed by atoms with Crippen LogP contribution < -0.4 is 10.2 Å². The summed E-state index contributed by atoms with van der Waals surface area (Å²) in [5.41, 5.74) is 5.41. The number of aryl methyl sites for hydroxylation is 2. The van der Waals surface area contributed by atoms with Crippen LogP contribution in [-0.2, 0) is 4.79 Å². The van der Waals surface area contributed by atoms with E-state index in [0.29, 0.717) is 11.3 Å². The maximum absolute atomic E-state index is 11.6. The highest BCUT2D eigenvalue weighted by Crippen LogP contribution is 2.31. The fraction of sp³-hybridized carbons (Fsp3) is 0.176. The molecule has 106 valence electrons. The number of fused-ring (bicyclic) bond motifs is 1. The second-order valence-electron chi connectivity index (χ2n) is 5.42.